The topological polar surface area (TPSA) is 52.0 Å². The second kappa shape index (κ2) is 7.30. The normalized spacial score (nSPS) is 12.0. The lowest BCUT2D eigenvalue weighted by Gasteiger charge is -2.15. The van der Waals surface area contributed by atoms with Gasteiger partial charge in [0.25, 0.3) is 0 Å². The molecule has 4 N–H and O–H groups in total. The Bertz CT molecular complexity index is 102. The van der Waals surface area contributed by atoms with Gasteiger partial charge in [0, 0.05) is 5.33 Å². The van der Waals surface area contributed by atoms with Crippen LogP contribution in [0.1, 0.15) is 38.5 Å². The summed E-state index contributed by atoms with van der Waals surface area (Å²) in [5, 5.41) is 1.11. The van der Waals surface area contributed by atoms with Crippen LogP contribution in [0.15, 0.2) is 0 Å². The van der Waals surface area contributed by atoms with Crippen LogP contribution in [0.4, 0.5) is 0 Å². The van der Waals surface area contributed by atoms with Crippen molar-refractivity contribution in [2.24, 2.45) is 11.5 Å². The van der Waals surface area contributed by atoms with Gasteiger partial charge >= 0.3 is 0 Å². The molecular weight excluding hydrogens is 284 g/mol. The van der Waals surface area contributed by atoms with Crippen molar-refractivity contribution in [3.63, 3.8) is 0 Å². The second-order valence-electron chi connectivity index (χ2n) is 3.13. The monoisotopic (exact) mass is 300 g/mol. The van der Waals surface area contributed by atoms with Crippen molar-refractivity contribution in [3.8, 4) is 0 Å². The zero-order valence-corrected chi connectivity index (χ0v) is 10.5. The van der Waals surface area contributed by atoms with Gasteiger partial charge < -0.3 is 11.5 Å². The Morgan fingerprint density at radius 2 is 1.42 bits per heavy atom. The predicted molar refractivity (Wildman–Crippen MR) is 61.5 cm³/mol. The van der Waals surface area contributed by atoms with Crippen molar-refractivity contribution in [2.45, 2.75) is 43.1 Å². The van der Waals surface area contributed by atoms with Crippen LogP contribution in [0.25, 0.3) is 0 Å². The fraction of sp³-hybridized carbons (Fsp3) is 1.00. The largest absolute Gasteiger partial charge is 0.304 e. The van der Waals surface area contributed by atoms with Crippen LogP contribution in [0.2, 0.25) is 0 Å². The van der Waals surface area contributed by atoms with Crippen LogP contribution >= 0.6 is 31.9 Å². The molecule has 0 aromatic heterocycles. The molecule has 0 rings (SSSR count). The van der Waals surface area contributed by atoms with Crippen molar-refractivity contribution < 1.29 is 0 Å². The summed E-state index contributed by atoms with van der Waals surface area (Å²) < 4.78 is -0.650. The lowest BCUT2D eigenvalue weighted by molar-refractivity contribution is 0.528. The summed E-state index contributed by atoms with van der Waals surface area (Å²) in [6.07, 6.45) is 7.05. The van der Waals surface area contributed by atoms with E-state index in [9.17, 15) is 0 Å². The molecule has 0 heterocycles. The van der Waals surface area contributed by atoms with Gasteiger partial charge in [0.2, 0.25) is 0 Å². The molecular formula is C8H18Br2N2. The molecule has 0 aliphatic rings. The fourth-order valence-electron chi connectivity index (χ4n) is 1.02. The highest BCUT2D eigenvalue weighted by Crippen LogP contribution is 2.14. The Labute approximate surface area is 91.7 Å². The molecule has 0 aliphatic carbocycles. The molecule has 4 heteroatoms. The number of rotatable bonds is 7. The maximum atomic E-state index is 5.56. The summed E-state index contributed by atoms with van der Waals surface area (Å²) in [6, 6.07) is 0. The maximum Gasteiger partial charge on any atom is 0.121 e. The van der Waals surface area contributed by atoms with Crippen molar-refractivity contribution >= 4 is 31.9 Å². The average Bonchev–Trinajstić information content (AvgIpc) is 1.94. The van der Waals surface area contributed by atoms with Crippen molar-refractivity contribution in [2.75, 3.05) is 5.33 Å². The summed E-state index contributed by atoms with van der Waals surface area (Å²) in [5.74, 6) is 0. The third-order valence-corrected chi connectivity index (χ3v) is 2.65. The number of hydrogen-bond donors (Lipinski definition) is 2. The van der Waals surface area contributed by atoms with E-state index in [0.717, 1.165) is 18.2 Å². The van der Waals surface area contributed by atoms with Crippen LogP contribution in [0.3, 0.4) is 0 Å². The summed E-state index contributed by atoms with van der Waals surface area (Å²) >= 11 is 6.61. The summed E-state index contributed by atoms with van der Waals surface area (Å²) in [5.41, 5.74) is 11.1. The molecule has 0 radical (unpaired) electrons. The number of halogens is 2. The molecule has 0 atom stereocenters. The number of unbranched alkanes of at least 4 members (excludes halogenated alkanes) is 4. The third kappa shape index (κ3) is 10.9. The lowest BCUT2D eigenvalue weighted by Crippen LogP contribution is -2.42. The summed E-state index contributed by atoms with van der Waals surface area (Å²) in [7, 11) is 0. The van der Waals surface area contributed by atoms with E-state index in [2.05, 4.69) is 31.9 Å². The minimum atomic E-state index is -0.650. The molecule has 0 aliphatic heterocycles. The quantitative estimate of drug-likeness (QED) is 0.329. The Hall–Kier alpha value is 0.880. The fourth-order valence-corrected chi connectivity index (χ4v) is 1.70. The number of nitrogens with two attached hydrogens (primary N) is 2. The van der Waals surface area contributed by atoms with Crippen molar-refractivity contribution in [1.82, 2.24) is 0 Å². The van der Waals surface area contributed by atoms with Gasteiger partial charge in [0.15, 0.2) is 0 Å². The van der Waals surface area contributed by atoms with E-state index >= 15 is 0 Å². The van der Waals surface area contributed by atoms with Gasteiger partial charge in [-0.25, -0.2) is 0 Å². The Kier molecular flexibility index (Phi) is 7.83. The zero-order valence-electron chi connectivity index (χ0n) is 7.36. The first-order valence-corrected chi connectivity index (χ1v) is 6.30. The van der Waals surface area contributed by atoms with Gasteiger partial charge in [0.05, 0.1) is 0 Å². The van der Waals surface area contributed by atoms with Crippen LogP contribution in [-0.2, 0) is 0 Å². The molecule has 0 bridgehead atoms. The average molecular weight is 302 g/mol. The third-order valence-electron chi connectivity index (χ3n) is 1.69. The minimum absolute atomic E-state index is 0.650. The van der Waals surface area contributed by atoms with Gasteiger partial charge in [-0.1, -0.05) is 51.1 Å². The predicted octanol–water partition coefficient (Wildman–Crippen LogP) is 2.69. The van der Waals surface area contributed by atoms with E-state index in [1.807, 2.05) is 0 Å². The number of alkyl halides is 2. The van der Waals surface area contributed by atoms with Crippen molar-refractivity contribution in [3.05, 3.63) is 0 Å². The van der Waals surface area contributed by atoms with E-state index in [1.54, 1.807) is 0 Å². The number of hydrogen-bond acceptors (Lipinski definition) is 2. The van der Waals surface area contributed by atoms with Gasteiger partial charge in [-0.3, -0.25) is 0 Å². The molecule has 0 saturated heterocycles. The van der Waals surface area contributed by atoms with Crippen LogP contribution in [-0.4, -0.2) is 9.90 Å². The molecule has 0 unspecified atom stereocenters. The van der Waals surface area contributed by atoms with Crippen molar-refractivity contribution in [1.29, 1.82) is 0 Å². The second-order valence-corrected chi connectivity index (χ2v) is 5.40. The van der Waals surface area contributed by atoms with E-state index < -0.39 is 4.57 Å². The van der Waals surface area contributed by atoms with E-state index in [1.165, 1.54) is 25.7 Å². The standard InChI is InChI=1S/C8H18Br2N2/c9-7-5-3-1-2-4-6-8(10,11)12/h1-7,11-12H2. The SMILES string of the molecule is NC(N)(Br)CCCCCCCBr. The molecule has 0 spiro atoms. The van der Waals surface area contributed by atoms with Crippen LogP contribution in [0.5, 0.6) is 0 Å². The first-order chi connectivity index (χ1) is 5.56. The smallest absolute Gasteiger partial charge is 0.121 e. The highest BCUT2D eigenvalue weighted by Gasteiger charge is 2.11. The maximum absolute atomic E-state index is 5.56. The molecule has 2 nitrogen and oxygen atoms in total. The Morgan fingerprint density at radius 1 is 0.917 bits per heavy atom. The molecule has 0 amide bonds. The van der Waals surface area contributed by atoms with E-state index in [4.69, 9.17) is 11.5 Å². The zero-order chi connectivity index (χ0) is 9.45. The Balaban J connectivity index is 3.01. The molecule has 0 aromatic rings. The van der Waals surface area contributed by atoms with Gasteiger partial charge in [0.1, 0.15) is 4.57 Å². The van der Waals surface area contributed by atoms with Gasteiger partial charge in [-0.2, -0.15) is 0 Å². The molecule has 12 heavy (non-hydrogen) atoms. The first kappa shape index (κ1) is 12.9. The van der Waals surface area contributed by atoms with E-state index in [0.29, 0.717) is 0 Å². The van der Waals surface area contributed by atoms with Gasteiger partial charge in [-0.15, -0.1) is 0 Å². The molecule has 74 valence electrons. The molecule has 0 saturated carbocycles. The highest BCUT2D eigenvalue weighted by atomic mass is 79.9. The van der Waals surface area contributed by atoms with E-state index in [-0.39, 0.29) is 0 Å². The summed E-state index contributed by atoms with van der Waals surface area (Å²) in [6.45, 7) is 0. The molecule has 0 aromatic carbocycles. The van der Waals surface area contributed by atoms with Crippen LogP contribution in [0, 0.1) is 0 Å². The van der Waals surface area contributed by atoms with Gasteiger partial charge in [-0.05, 0) is 19.3 Å². The first-order valence-electron chi connectivity index (χ1n) is 4.39. The van der Waals surface area contributed by atoms with Crippen LogP contribution < -0.4 is 11.5 Å². The Morgan fingerprint density at radius 3 is 1.92 bits per heavy atom. The molecule has 0 fully saturated rings. The summed E-state index contributed by atoms with van der Waals surface area (Å²) in [4.78, 5) is 0. The highest BCUT2D eigenvalue weighted by molar-refractivity contribution is 9.10. The minimum Gasteiger partial charge on any atom is -0.304 e. The lowest BCUT2D eigenvalue weighted by atomic mass is 10.1.